The van der Waals surface area contributed by atoms with Gasteiger partial charge in [0.2, 0.25) is 5.89 Å². The lowest BCUT2D eigenvalue weighted by Gasteiger charge is -2.36. The van der Waals surface area contributed by atoms with Crippen molar-refractivity contribution in [3.05, 3.63) is 100 Å². The van der Waals surface area contributed by atoms with E-state index in [9.17, 15) is 9.90 Å². The number of benzene rings is 2. The fraction of sp³-hybridized carbons (Fsp3) is 0.395. The average molecular weight is 745 g/mol. The molecule has 2 N–H and O–H groups in total. The smallest absolute Gasteiger partial charge is 0.280 e. The molecule has 6 aromatic rings. The molecule has 0 spiro atoms. The molecular formula is C43H52N6O4Si. The maximum absolute atomic E-state index is 13.5. The lowest BCUT2D eigenvalue weighted by Crippen LogP contribution is -2.41. The van der Waals surface area contributed by atoms with Crippen molar-refractivity contribution in [3.63, 3.8) is 0 Å². The topological polar surface area (TPSA) is 119 Å². The Morgan fingerprint density at radius 2 is 1.74 bits per heavy atom. The number of likely N-dealkylation sites (tertiary alicyclic amines) is 1. The van der Waals surface area contributed by atoms with Gasteiger partial charge in [0.1, 0.15) is 5.52 Å². The minimum atomic E-state index is -1.79. The van der Waals surface area contributed by atoms with E-state index in [4.69, 9.17) is 18.8 Å². The Morgan fingerprint density at radius 3 is 2.50 bits per heavy atom. The average Bonchev–Trinajstić information content (AvgIpc) is 3.76. The Morgan fingerprint density at radius 1 is 0.981 bits per heavy atom. The van der Waals surface area contributed by atoms with Crippen LogP contribution in [-0.4, -0.2) is 63.6 Å². The first-order chi connectivity index (χ1) is 25.8. The third-order valence-electron chi connectivity index (χ3n) is 11.3. The van der Waals surface area contributed by atoms with Crippen LogP contribution >= 0.6 is 0 Å². The van der Waals surface area contributed by atoms with Crippen molar-refractivity contribution in [1.29, 1.82) is 0 Å². The van der Waals surface area contributed by atoms with E-state index in [-0.39, 0.29) is 16.7 Å². The summed E-state index contributed by atoms with van der Waals surface area (Å²) in [6.45, 7) is 19.1. The normalized spacial score (nSPS) is 15.4. The van der Waals surface area contributed by atoms with Crippen LogP contribution < -0.4 is 10.9 Å². The second kappa shape index (κ2) is 15.2. The lowest BCUT2D eigenvalue weighted by atomic mass is 9.93. The number of aromatic nitrogens is 4. The molecular weight excluding hydrogens is 693 g/mol. The number of fused-ring (bicyclic) bond motifs is 2. The molecule has 1 atom stereocenters. The molecule has 0 radical (unpaired) electrons. The first kappa shape index (κ1) is 37.6. The van der Waals surface area contributed by atoms with Crippen molar-refractivity contribution in [1.82, 2.24) is 24.4 Å². The van der Waals surface area contributed by atoms with Crippen molar-refractivity contribution in [2.75, 3.05) is 25.0 Å². The Kier molecular flexibility index (Phi) is 10.6. The number of hydrogen-bond acceptors (Lipinski definition) is 9. The molecule has 1 aliphatic heterocycles. The molecule has 4 aromatic heterocycles. The van der Waals surface area contributed by atoms with Gasteiger partial charge in [-0.05, 0) is 109 Å². The van der Waals surface area contributed by atoms with Crippen molar-refractivity contribution < 1.29 is 13.9 Å². The number of nitrogens with zero attached hydrogens (tertiary/aromatic N) is 5. The van der Waals surface area contributed by atoms with Gasteiger partial charge in [-0.15, -0.1) is 0 Å². The monoisotopic (exact) mass is 744 g/mol. The fourth-order valence-corrected chi connectivity index (χ4v) is 8.11. The predicted octanol–water partition coefficient (Wildman–Crippen LogP) is 9.00. The molecule has 0 bridgehead atoms. The highest BCUT2D eigenvalue weighted by Gasteiger charge is 2.36. The number of pyridine rings is 3. The van der Waals surface area contributed by atoms with Crippen LogP contribution in [0.4, 0.5) is 11.5 Å². The van der Waals surface area contributed by atoms with E-state index in [0.29, 0.717) is 42.5 Å². The summed E-state index contributed by atoms with van der Waals surface area (Å²) in [5.74, 6) is 1.12. The number of unbranched alkanes of at least 4 members (excludes halogenated alkanes) is 1. The standard InChI is InChI=1S/C43H52N6O4Si/c1-28-33(12-10-14-35(28)41-47-39-37(53-41)18-22-49(42(39)51)20-8-9-23-52-54(6,7)43(3,4)5)34-13-11-15-36(29(34)2)46-40-38-31(16-19-44-40)24-30(25-45-38)26-48-21-17-32(50)27-48/h10-16,18-19,22,24-25,32,50H,8-9,17,20-21,23,26-27H2,1-7H3,(H,44,46)/t32-/m1/s1. The van der Waals surface area contributed by atoms with Gasteiger partial charge in [-0.2, -0.15) is 0 Å². The number of aliphatic hydroxyl groups is 1. The maximum Gasteiger partial charge on any atom is 0.280 e. The number of aliphatic hydroxyl groups excluding tert-OH is 1. The summed E-state index contributed by atoms with van der Waals surface area (Å²) >= 11 is 0. The number of hydrogen-bond donors (Lipinski definition) is 2. The number of aryl methyl sites for hydroxylation is 1. The van der Waals surface area contributed by atoms with Crippen molar-refractivity contribution >= 4 is 41.8 Å². The van der Waals surface area contributed by atoms with E-state index >= 15 is 0 Å². The number of rotatable bonds is 12. The van der Waals surface area contributed by atoms with E-state index < -0.39 is 8.32 Å². The van der Waals surface area contributed by atoms with Gasteiger partial charge in [-0.25, -0.2) is 9.97 Å². The predicted molar refractivity (Wildman–Crippen MR) is 220 cm³/mol. The van der Waals surface area contributed by atoms with Crippen LogP contribution in [0.15, 0.2) is 82.4 Å². The zero-order chi connectivity index (χ0) is 38.2. The first-order valence-electron chi connectivity index (χ1n) is 19.0. The molecule has 10 nitrogen and oxygen atoms in total. The van der Waals surface area contributed by atoms with Gasteiger partial charge < -0.3 is 23.8 Å². The van der Waals surface area contributed by atoms with Crippen molar-refractivity contribution in [2.45, 2.75) is 91.2 Å². The van der Waals surface area contributed by atoms with Crippen molar-refractivity contribution in [3.8, 4) is 22.6 Å². The van der Waals surface area contributed by atoms with Gasteiger partial charge in [0, 0.05) is 68.0 Å². The third kappa shape index (κ3) is 7.77. The lowest BCUT2D eigenvalue weighted by molar-refractivity contribution is 0.175. The molecule has 5 heterocycles. The molecule has 54 heavy (non-hydrogen) atoms. The van der Waals surface area contributed by atoms with Gasteiger partial charge in [0.25, 0.3) is 5.56 Å². The highest BCUT2D eigenvalue weighted by atomic mass is 28.4. The first-order valence-corrected chi connectivity index (χ1v) is 21.9. The van der Waals surface area contributed by atoms with Gasteiger partial charge >= 0.3 is 0 Å². The van der Waals surface area contributed by atoms with E-state index in [1.165, 1.54) is 0 Å². The van der Waals surface area contributed by atoms with Gasteiger partial charge in [-0.1, -0.05) is 45.0 Å². The second-order valence-electron chi connectivity index (χ2n) is 16.2. The molecule has 2 aromatic carbocycles. The SMILES string of the molecule is Cc1c(Nc2nccc3cc(CN4CC[C@@H](O)C4)cnc23)cccc1-c1cccc(-c2nc3c(=O)n(CCCCO[Si](C)(C)C(C)(C)C)ccc3o2)c1C. The largest absolute Gasteiger partial charge is 0.436 e. The highest BCUT2D eigenvalue weighted by molar-refractivity contribution is 6.74. The van der Waals surface area contributed by atoms with E-state index in [0.717, 1.165) is 82.3 Å². The summed E-state index contributed by atoms with van der Waals surface area (Å²) in [6.07, 6.45) is 7.83. The van der Waals surface area contributed by atoms with E-state index in [2.05, 4.69) is 87.2 Å². The molecule has 1 saturated heterocycles. The van der Waals surface area contributed by atoms with Gasteiger partial charge in [-0.3, -0.25) is 14.7 Å². The molecule has 0 unspecified atom stereocenters. The number of oxazole rings is 1. The molecule has 11 heteroatoms. The van der Waals surface area contributed by atoms with Crippen LogP contribution in [0.2, 0.25) is 18.1 Å². The Labute approximate surface area is 318 Å². The third-order valence-corrected chi connectivity index (χ3v) is 15.9. The summed E-state index contributed by atoms with van der Waals surface area (Å²) in [6, 6.07) is 18.3. The number of anilines is 2. The minimum absolute atomic E-state index is 0.143. The Hall–Kier alpha value is -4.68. The van der Waals surface area contributed by atoms with Crippen LogP contribution in [0.25, 0.3) is 44.6 Å². The molecule has 1 fully saturated rings. The molecule has 0 saturated carbocycles. The molecule has 0 amide bonds. The van der Waals surface area contributed by atoms with Crippen LogP contribution in [-0.2, 0) is 17.5 Å². The van der Waals surface area contributed by atoms with Crippen LogP contribution in [0.3, 0.4) is 0 Å². The van der Waals surface area contributed by atoms with Crippen LogP contribution in [0.5, 0.6) is 0 Å². The Balaban J connectivity index is 1.09. The zero-order valence-electron chi connectivity index (χ0n) is 32.6. The molecule has 1 aliphatic rings. The van der Waals surface area contributed by atoms with E-state index in [1.807, 2.05) is 42.7 Å². The summed E-state index contributed by atoms with van der Waals surface area (Å²) in [4.78, 5) is 30.0. The number of β-amino-alcohol motifs (C(OH)–C–C–N with tert-alkyl or cyclic N) is 1. The second-order valence-corrected chi connectivity index (χ2v) is 21.0. The molecule has 282 valence electrons. The van der Waals surface area contributed by atoms with Gasteiger partial charge in [0.05, 0.1) is 6.10 Å². The van der Waals surface area contributed by atoms with E-state index in [1.54, 1.807) is 10.8 Å². The van der Waals surface area contributed by atoms with Crippen molar-refractivity contribution in [2.24, 2.45) is 0 Å². The fourth-order valence-electron chi connectivity index (χ4n) is 7.03. The summed E-state index contributed by atoms with van der Waals surface area (Å²) in [5.41, 5.74) is 8.57. The summed E-state index contributed by atoms with van der Waals surface area (Å²) in [7, 11) is -1.79. The quantitative estimate of drug-likeness (QED) is 0.0935. The maximum atomic E-state index is 13.5. The molecule has 7 rings (SSSR count). The highest BCUT2D eigenvalue weighted by Crippen LogP contribution is 2.38. The summed E-state index contributed by atoms with van der Waals surface area (Å²) < 4.78 is 14.3. The minimum Gasteiger partial charge on any atom is -0.436 e. The van der Waals surface area contributed by atoms with Crippen LogP contribution in [0, 0.1) is 13.8 Å². The Bertz CT molecular complexity index is 2360. The summed E-state index contributed by atoms with van der Waals surface area (Å²) in [5, 5.41) is 14.7. The van der Waals surface area contributed by atoms with Crippen LogP contribution in [0.1, 0.15) is 56.7 Å². The molecule has 0 aliphatic carbocycles. The zero-order valence-corrected chi connectivity index (χ0v) is 33.6. The number of nitrogens with one attached hydrogen (secondary N) is 1. The van der Waals surface area contributed by atoms with Gasteiger partial charge in [0.15, 0.2) is 25.2 Å².